The molecule has 1 atom stereocenters. The molecular weight excluding hydrogens is 282 g/mol. The van der Waals surface area contributed by atoms with Crippen molar-refractivity contribution in [2.75, 3.05) is 25.7 Å². The Morgan fingerprint density at radius 3 is 2.60 bits per heavy atom. The summed E-state index contributed by atoms with van der Waals surface area (Å²) in [6.07, 6.45) is 0.445. The molecule has 1 aromatic carbocycles. The first-order chi connectivity index (χ1) is 9.46. The summed E-state index contributed by atoms with van der Waals surface area (Å²) in [7, 11) is -0.0802. The maximum atomic E-state index is 12.2. The largest absolute Gasteiger partial charge is 0.493 e. The number of hydrogen-bond acceptors (Lipinski definition) is 5. The van der Waals surface area contributed by atoms with Gasteiger partial charge in [0.1, 0.15) is 0 Å². The van der Waals surface area contributed by atoms with Crippen LogP contribution in [0.1, 0.15) is 16.8 Å². The van der Waals surface area contributed by atoms with E-state index >= 15 is 0 Å². The SMILES string of the molecule is COc1cccc(C(=O)N[C@@H]2CCS(=O)(=O)C2)c1OC. The van der Waals surface area contributed by atoms with Crippen LogP contribution in [-0.2, 0) is 9.84 Å². The maximum Gasteiger partial charge on any atom is 0.255 e. The van der Waals surface area contributed by atoms with Gasteiger partial charge in [-0.2, -0.15) is 0 Å². The Hall–Kier alpha value is -1.76. The van der Waals surface area contributed by atoms with Gasteiger partial charge >= 0.3 is 0 Å². The predicted octanol–water partition coefficient (Wildman–Crippen LogP) is 0.621. The molecule has 1 aromatic rings. The Kier molecular flexibility index (Phi) is 4.17. The lowest BCUT2D eigenvalue weighted by Gasteiger charge is -2.15. The molecule has 1 amide bonds. The summed E-state index contributed by atoms with van der Waals surface area (Å²) in [5, 5.41) is 2.72. The van der Waals surface area contributed by atoms with Crippen molar-refractivity contribution in [3.63, 3.8) is 0 Å². The fraction of sp³-hybridized carbons (Fsp3) is 0.462. The number of amides is 1. The summed E-state index contributed by atoms with van der Waals surface area (Å²) in [5.74, 6) is 0.550. The van der Waals surface area contributed by atoms with Gasteiger partial charge in [0.25, 0.3) is 5.91 Å². The highest BCUT2D eigenvalue weighted by molar-refractivity contribution is 7.91. The van der Waals surface area contributed by atoms with E-state index < -0.39 is 9.84 Å². The number of rotatable bonds is 4. The number of ether oxygens (including phenoxy) is 2. The molecule has 0 saturated carbocycles. The summed E-state index contributed by atoms with van der Waals surface area (Å²) < 4.78 is 33.1. The Balaban J connectivity index is 2.18. The van der Waals surface area contributed by atoms with Crippen LogP contribution in [0.25, 0.3) is 0 Å². The Bertz CT molecular complexity index is 611. The molecule has 110 valence electrons. The van der Waals surface area contributed by atoms with Gasteiger partial charge < -0.3 is 14.8 Å². The second kappa shape index (κ2) is 5.70. The van der Waals surface area contributed by atoms with Gasteiger partial charge in [0.15, 0.2) is 21.3 Å². The second-order valence-electron chi connectivity index (χ2n) is 4.61. The molecule has 1 aliphatic heterocycles. The van der Waals surface area contributed by atoms with Gasteiger partial charge in [-0.25, -0.2) is 8.42 Å². The van der Waals surface area contributed by atoms with Crippen molar-refractivity contribution >= 4 is 15.7 Å². The zero-order valence-electron chi connectivity index (χ0n) is 11.4. The van der Waals surface area contributed by atoms with Crippen molar-refractivity contribution in [2.24, 2.45) is 0 Å². The molecule has 1 aliphatic rings. The monoisotopic (exact) mass is 299 g/mol. The van der Waals surface area contributed by atoms with Crippen LogP contribution in [0.15, 0.2) is 18.2 Å². The van der Waals surface area contributed by atoms with Crippen LogP contribution in [0.2, 0.25) is 0 Å². The molecule has 0 radical (unpaired) electrons. The highest BCUT2D eigenvalue weighted by Gasteiger charge is 2.30. The molecule has 7 heteroatoms. The molecule has 0 spiro atoms. The van der Waals surface area contributed by atoms with E-state index in [1.807, 2.05) is 0 Å². The van der Waals surface area contributed by atoms with E-state index in [9.17, 15) is 13.2 Å². The quantitative estimate of drug-likeness (QED) is 0.881. The fourth-order valence-electron chi connectivity index (χ4n) is 2.24. The number of para-hydroxylation sites is 1. The van der Waals surface area contributed by atoms with E-state index in [2.05, 4.69) is 5.32 Å². The third-order valence-electron chi connectivity index (χ3n) is 3.22. The number of methoxy groups -OCH3 is 2. The van der Waals surface area contributed by atoms with Gasteiger partial charge in [-0.1, -0.05) is 6.07 Å². The van der Waals surface area contributed by atoms with E-state index in [4.69, 9.17) is 9.47 Å². The molecule has 1 saturated heterocycles. The average Bonchev–Trinajstić information content (AvgIpc) is 2.76. The summed E-state index contributed by atoms with van der Waals surface area (Å²) in [6, 6.07) is 4.64. The van der Waals surface area contributed by atoms with E-state index in [1.54, 1.807) is 18.2 Å². The molecule has 1 fully saturated rings. The third-order valence-corrected chi connectivity index (χ3v) is 4.98. The Morgan fingerprint density at radius 2 is 2.05 bits per heavy atom. The number of benzene rings is 1. The molecule has 1 heterocycles. The minimum Gasteiger partial charge on any atom is -0.493 e. The fourth-order valence-corrected chi connectivity index (χ4v) is 3.91. The van der Waals surface area contributed by atoms with Gasteiger partial charge in [-0.05, 0) is 18.6 Å². The van der Waals surface area contributed by atoms with Crippen molar-refractivity contribution in [1.82, 2.24) is 5.32 Å². The van der Waals surface area contributed by atoms with Crippen LogP contribution >= 0.6 is 0 Å². The minimum atomic E-state index is -3.02. The summed E-state index contributed by atoms with van der Waals surface area (Å²) in [5.41, 5.74) is 0.330. The minimum absolute atomic E-state index is 0.00890. The molecule has 6 nitrogen and oxygen atoms in total. The topological polar surface area (TPSA) is 81.7 Å². The first-order valence-electron chi connectivity index (χ1n) is 6.19. The number of carbonyl (C=O) groups is 1. The van der Waals surface area contributed by atoms with Gasteiger partial charge in [0.2, 0.25) is 0 Å². The number of nitrogens with one attached hydrogen (secondary N) is 1. The zero-order valence-corrected chi connectivity index (χ0v) is 12.2. The van der Waals surface area contributed by atoms with E-state index in [0.717, 1.165) is 0 Å². The van der Waals surface area contributed by atoms with E-state index in [-0.39, 0.29) is 23.5 Å². The van der Waals surface area contributed by atoms with Crippen LogP contribution in [0, 0.1) is 0 Å². The van der Waals surface area contributed by atoms with Crippen molar-refractivity contribution < 1.29 is 22.7 Å². The molecule has 0 bridgehead atoms. The van der Waals surface area contributed by atoms with Crippen LogP contribution in [0.4, 0.5) is 0 Å². The normalized spacial score (nSPS) is 20.4. The van der Waals surface area contributed by atoms with Crippen LogP contribution in [-0.4, -0.2) is 46.1 Å². The van der Waals surface area contributed by atoms with Crippen molar-refractivity contribution in [2.45, 2.75) is 12.5 Å². The maximum absolute atomic E-state index is 12.2. The van der Waals surface area contributed by atoms with Gasteiger partial charge in [0, 0.05) is 6.04 Å². The van der Waals surface area contributed by atoms with E-state index in [1.165, 1.54) is 14.2 Å². The highest BCUT2D eigenvalue weighted by Crippen LogP contribution is 2.30. The lowest BCUT2D eigenvalue weighted by molar-refractivity contribution is 0.0937. The third kappa shape index (κ3) is 3.04. The molecule has 0 aliphatic carbocycles. The molecule has 1 N–H and O–H groups in total. The summed E-state index contributed by atoms with van der Waals surface area (Å²) in [4.78, 5) is 12.2. The van der Waals surface area contributed by atoms with Crippen molar-refractivity contribution in [1.29, 1.82) is 0 Å². The lowest BCUT2D eigenvalue weighted by Crippen LogP contribution is -2.35. The predicted molar refractivity (Wildman–Crippen MR) is 74.1 cm³/mol. The molecule has 0 unspecified atom stereocenters. The van der Waals surface area contributed by atoms with Gasteiger partial charge in [-0.15, -0.1) is 0 Å². The standard InChI is InChI=1S/C13H17NO5S/c1-18-11-5-3-4-10(12(11)19-2)13(15)14-9-6-7-20(16,17)8-9/h3-5,9H,6-8H2,1-2H3,(H,14,15)/t9-/m1/s1. The zero-order chi connectivity index (χ0) is 14.8. The summed E-state index contributed by atoms with van der Waals surface area (Å²) in [6.45, 7) is 0. The summed E-state index contributed by atoms with van der Waals surface area (Å²) >= 11 is 0. The highest BCUT2D eigenvalue weighted by atomic mass is 32.2. The van der Waals surface area contributed by atoms with Crippen molar-refractivity contribution in [3.8, 4) is 11.5 Å². The number of hydrogen-bond donors (Lipinski definition) is 1. The molecule has 2 rings (SSSR count). The molecular formula is C13H17NO5S. The number of sulfone groups is 1. The first kappa shape index (κ1) is 14.6. The smallest absolute Gasteiger partial charge is 0.255 e. The number of carbonyl (C=O) groups excluding carboxylic acids is 1. The van der Waals surface area contributed by atoms with E-state index in [0.29, 0.717) is 23.5 Å². The first-order valence-corrected chi connectivity index (χ1v) is 8.01. The Labute approximate surface area is 118 Å². The van der Waals surface area contributed by atoms with Crippen LogP contribution < -0.4 is 14.8 Å². The van der Waals surface area contributed by atoms with Crippen LogP contribution in [0.3, 0.4) is 0 Å². The molecule has 20 heavy (non-hydrogen) atoms. The van der Waals surface area contributed by atoms with Crippen LogP contribution in [0.5, 0.6) is 11.5 Å². The second-order valence-corrected chi connectivity index (χ2v) is 6.84. The van der Waals surface area contributed by atoms with Gasteiger partial charge in [-0.3, -0.25) is 4.79 Å². The average molecular weight is 299 g/mol. The Morgan fingerprint density at radius 1 is 1.30 bits per heavy atom. The van der Waals surface area contributed by atoms with Crippen molar-refractivity contribution in [3.05, 3.63) is 23.8 Å². The lowest BCUT2D eigenvalue weighted by atomic mass is 10.1. The molecule has 0 aromatic heterocycles. The van der Waals surface area contributed by atoms with Gasteiger partial charge in [0.05, 0.1) is 31.3 Å².